The van der Waals surface area contributed by atoms with Gasteiger partial charge >= 0.3 is 0 Å². The molecule has 0 saturated heterocycles. The molecule has 2 aliphatic rings. The average molecular weight is 483 g/mol. The predicted octanol–water partition coefficient (Wildman–Crippen LogP) is 6.15. The highest BCUT2D eigenvalue weighted by Gasteiger charge is 2.32. The fourth-order valence-electron chi connectivity index (χ4n) is 5.06. The van der Waals surface area contributed by atoms with Crippen molar-refractivity contribution in [2.75, 3.05) is 11.6 Å². The lowest BCUT2D eigenvalue weighted by molar-refractivity contribution is 0.107. The van der Waals surface area contributed by atoms with Crippen molar-refractivity contribution in [2.45, 2.75) is 58.2 Å². The van der Waals surface area contributed by atoms with Gasteiger partial charge in [-0.05, 0) is 43.5 Å². The van der Waals surface area contributed by atoms with E-state index >= 15 is 0 Å². The number of benzene rings is 2. The topological polar surface area (TPSA) is 41.4 Å². The van der Waals surface area contributed by atoms with Gasteiger partial charge in [0.1, 0.15) is 0 Å². The van der Waals surface area contributed by atoms with E-state index in [2.05, 4.69) is 21.9 Å². The standard InChI is InChI=1S/C26H28Cl2N4O/c1-18-24(12-19-8-4-2-5-9-19)25(33)32-17-30(22-10-6-3-7-11-22)16-31(26(32)29-18)23-14-20(27)13-21(28)15-23/h2,4-5,8-9,13-15,22H,3,6-7,10-12,16-17H2,1H3. The molecule has 3 aromatic rings. The van der Waals surface area contributed by atoms with E-state index in [4.69, 9.17) is 28.2 Å². The molecule has 172 valence electrons. The molecule has 0 amide bonds. The van der Waals surface area contributed by atoms with Crippen LogP contribution < -0.4 is 10.5 Å². The maximum atomic E-state index is 13.8. The van der Waals surface area contributed by atoms with Crippen LogP contribution >= 0.6 is 23.2 Å². The zero-order chi connectivity index (χ0) is 22.9. The van der Waals surface area contributed by atoms with Crippen molar-refractivity contribution >= 4 is 34.8 Å². The monoisotopic (exact) mass is 482 g/mol. The fraction of sp³-hybridized carbons (Fsp3) is 0.385. The molecular formula is C26H28Cl2N4O. The van der Waals surface area contributed by atoms with E-state index < -0.39 is 0 Å². The zero-order valence-electron chi connectivity index (χ0n) is 18.8. The molecule has 1 fully saturated rings. The first-order valence-electron chi connectivity index (χ1n) is 11.6. The van der Waals surface area contributed by atoms with Crippen LogP contribution in [0.3, 0.4) is 0 Å². The van der Waals surface area contributed by atoms with Gasteiger partial charge in [0.2, 0.25) is 5.95 Å². The lowest BCUT2D eigenvalue weighted by Gasteiger charge is -2.43. The first-order valence-corrected chi connectivity index (χ1v) is 12.4. The average Bonchev–Trinajstić information content (AvgIpc) is 2.82. The number of aryl methyl sites for hydroxylation is 1. The highest BCUT2D eigenvalue weighted by Crippen LogP contribution is 2.34. The molecule has 2 aromatic carbocycles. The summed E-state index contributed by atoms with van der Waals surface area (Å²) in [4.78, 5) is 23.2. The Labute approximate surface area is 204 Å². The van der Waals surface area contributed by atoms with Crippen molar-refractivity contribution < 1.29 is 0 Å². The fourth-order valence-corrected chi connectivity index (χ4v) is 5.58. The zero-order valence-corrected chi connectivity index (χ0v) is 20.3. The minimum Gasteiger partial charge on any atom is -0.298 e. The van der Waals surface area contributed by atoms with Crippen molar-refractivity contribution in [3.8, 4) is 0 Å². The Bertz CT molecular complexity index is 1180. The van der Waals surface area contributed by atoms with Gasteiger partial charge in [0.25, 0.3) is 5.56 Å². The summed E-state index contributed by atoms with van der Waals surface area (Å²) in [6, 6.07) is 16.1. The van der Waals surface area contributed by atoms with E-state index in [-0.39, 0.29) is 5.56 Å². The molecule has 1 aromatic heterocycles. The molecule has 0 unspecified atom stereocenters. The van der Waals surface area contributed by atoms with E-state index in [1.807, 2.05) is 41.8 Å². The van der Waals surface area contributed by atoms with Gasteiger partial charge < -0.3 is 0 Å². The third-order valence-electron chi connectivity index (χ3n) is 6.81. The summed E-state index contributed by atoms with van der Waals surface area (Å²) in [7, 11) is 0. The lowest BCUT2D eigenvalue weighted by Crippen LogP contribution is -2.52. The van der Waals surface area contributed by atoms with Crippen LogP contribution in [0.2, 0.25) is 10.0 Å². The normalized spacial score (nSPS) is 17.2. The Hall–Kier alpha value is -2.34. The number of rotatable bonds is 4. The summed E-state index contributed by atoms with van der Waals surface area (Å²) in [6.07, 6.45) is 6.64. The first kappa shape index (κ1) is 22.5. The molecule has 5 nitrogen and oxygen atoms in total. The molecule has 0 N–H and O–H groups in total. The quantitative estimate of drug-likeness (QED) is 0.446. The van der Waals surface area contributed by atoms with E-state index in [0.29, 0.717) is 41.8 Å². The van der Waals surface area contributed by atoms with E-state index in [0.717, 1.165) is 35.3 Å². The van der Waals surface area contributed by atoms with Crippen molar-refractivity contribution in [3.05, 3.63) is 85.8 Å². The second kappa shape index (κ2) is 9.49. The minimum atomic E-state index is 0.0278. The number of nitrogens with zero attached hydrogens (tertiary/aromatic N) is 4. The van der Waals surface area contributed by atoms with Gasteiger partial charge in [-0.1, -0.05) is 72.8 Å². The van der Waals surface area contributed by atoms with Crippen LogP contribution in [0.1, 0.15) is 48.9 Å². The van der Waals surface area contributed by atoms with Crippen molar-refractivity contribution in [3.63, 3.8) is 0 Å². The molecule has 0 atom stereocenters. The molecule has 7 heteroatoms. The van der Waals surface area contributed by atoms with Crippen LogP contribution in [0.15, 0.2) is 53.3 Å². The minimum absolute atomic E-state index is 0.0278. The SMILES string of the molecule is Cc1nc2n(c(=O)c1Cc1ccccc1)CN(C1CCCCC1)CN2c1cc(Cl)cc(Cl)c1. The summed E-state index contributed by atoms with van der Waals surface area (Å²) in [5, 5.41) is 1.14. The Kier molecular flexibility index (Phi) is 6.46. The second-order valence-electron chi connectivity index (χ2n) is 9.09. The summed E-state index contributed by atoms with van der Waals surface area (Å²) >= 11 is 12.7. The van der Waals surface area contributed by atoms with Gasteiger partial charge in [0.05, 0.1) is 19.0 Å². The number of fused-ring (bicyclic) bond motifs is 1. The van der Waals surface area contributed by atoms with Gasteiger partial charge in [-0.3, -0.25) is 19.2 Å². The van der Waals surface area contributed by atoms with Crippen LogP contribution in [-0.4, -0.2) is 27.2 Å². The predicted molar refractivity (Wildman–Crippen MR) is 135 cm³/mol. The highest BCUT2D eigenvalue weighted by atomic mass is 35.5. The Morgan fingerprint density at radius 2 is 1.67 bits per heavy atom. The van der Waals surface area contributed by atoms with Crippen molar-refractivity contribution in [2.24, 2.45) is 0 Å². The van der Waals surface area contributed by atoms with Crippen LogP contribution in [0, 0.1) is 6.92 Å². The summed E-state index contributed by atoms with van der Waals surface area (Å²) in [5.74, 6) is 0.653. The second-order valence-corrected chi connectivity index (χ2v) is 9.96. The molecule has 0 bridgehead atoms. The third-order valence-corrected chi connectivity index (χ3v) is 7.25. The third kappa shape index (κ3) is 4.68. The first-order chi connectivity index (χ1) is 16.0. The van der Waals surface area contributed by atoms with Gasteiger partial charge in [-0.2, -0.15) is 0 Å². The number of hydrogen-bond donors (Lipinski definition) is 0. The lowest BCUT2D eigenvalue weighted by atomic mass is 9.94. The van der Waals surface area contributed by atoms with Crippen LogP contribution in [0.25, 0.3) is 0 Å². The Morgan fingerprint density at radius 1 is 0.970 bits per heavy atom. The molecular weight excluding hydrogens is 455 g/mol. The van der Waals surface area contributed by atoms with Crippen LogP contribution in [0.5, 0.6) is 0 Å². The molecule has 0 spiro atoms. The molecule has 5 rings (SSSR count). The molecule has 1 aliphatic heterocycles. The summed E-state index contributed by atoms with van der Waals surface area (Å²) in [5.41, 5.74) is 3.50. The number of hydrogen-bond acceptors (Lipinski definition) is 4. The Morgan fingerprint density at radius 3 is 2.36 bits per heavy atom. The summed E-state index contributed by atoms with van der Waals surface area (Å²) < 4.78 is 1.83. The molecule has 0 radical (unpaired) electrons. The van der Waals surface area contributed by atoms with Crippen LogP contribution in [0.4, 0.5) is 11.6 Å². The maximum Gasteiger partial charge on any atom is 0.259 e. The molecule has 1 saturated carbocycles. The number of aromatic nitrogens is 2. The number of anilines is 2. The van der Waals surface area contributed by atoms with E-state index in [1.165, 1.54) is 19.3 Å². The molecule has 1 aliphatic carbocycles. The van der Waals surface area contributed by atoms with Gasteiger partial charge in [-0.15, -0.1) is 0 Å². The van der Waals surface area contributed by atoms with E-state index in [1.54, 1.807) is 6.07 Å². The van der Waals surface area contributed by atoms with Gasteiger partial charge in [0.15, 0.2) is 0 Å². The molecule has 33 heavy (non-hydrogen) atoms. The smallest absolute Gasteiger partial charge is 0.259 e. The van der Waals surface area contributed by atoms with Crippen LogP contribution in [-0.2, 0) is 13.1 Å². The maximum absolute atomic E-state index is 13.8. The Balaban J connectivity index is 1.60. The van der Waals surface area contributed by atoms with Crippen molar-refractivity contribution in [1.82, 2.24) is 14.5 Å². The summed E-state index contributed by atoms with van der Waals surface area (Å²) in [6.45, 7) is 3.14. The van der Waals surface area contributed by atoms with E-state index in [9.17, 15) is 4.79 Å². The molecule has 2 heterocycles. The van der Waals surface area contributed by atoms with Gasteiger partial charge in [0, 0.05) is 33.8 Å². The highest BCUT2D eigenvalue weighted by molar-refractivity contribution is 6.35. The largest absolute Gasteiger partial charge is 0.298 e. The number of halogens is 2. The van der Waals surface area contributed by atoms with Crippen molar-refractivity contribution in [1.29, 1.82) is 0 Å². The van der Waals surface area contributed by atoms with Gasteiger partial charge in [-0.25, -0.2) is 4.98 Å².